The summed E-state index contributed by atoms with van der Waals surface area (Å²) in [4.78, 5) is 12.8. The Labute approximate surface area is 181 Å². The highest BCUT2D eigenvalue weighted by molar-refractivity contribution is 7.89. The molecule has 31 heavy (non-hydrogen) atoms. The quantitative estimate of drug-likeness (QED) is 0.573. The van der Waals surface area contributed by atoms with Crippen molar-refractivity contribution in [2.24, 2.45) is 0 Å². The van der Waals surface area contributed by atoms with E-state index in [1.54, 1.807) is 36.4 Å². The van der Waals surface area contributed by atoms with Crippen LogP contribution in [-0.4, -0.2) is 32.3 Å². The van der Waals surface area contributed by atoms with Crippen LogP contribution in [0.1, 0.15) is 11.1 Å². The number of halogens is 1. The number of hydrogen-bond acceptors (Lipinski definition) is 4. The molecule has 1 N–H and O–H groups in total. The molecule has 1 amide bonds. The van der Waals surface area contributed by atoms with Crippen LogP contribution in [0.25, 0.3) is 0 Å². The maximum absolute atomic E-state index is 13.3. The SMILES string of the molecule is COc1cccc(NC(=O)CN(Cc2ccc(F)cc2)S(=O)(=O)c2ccc(C)cc2)c1. The van der Waals surface area contributed by atoms with Gasteiger partial charge >= 0.3 is 0 Å². The number of nitrogens with one attached hydrogen (secondary N) is 1. The number of nitrogens with zero attached hydrogens (tertiary/aromatic N) is 1. The molecule has 0 spiro atoms. The normalized spacial score (nSPS) is 11.4. The van der Waals surface area contributed by atoms with Crippen molar-refractivity contribution >= 4 is 21.6 Å². The second-order valence-electron chi connectivity index (χ2n) is 6.99. The van der Waals surface area contributed by atoms with Gasteiger partial charge in [-0.3, -0.25) is 4.79 Å². The van der Waals surface area contributed by atoms with E-state index in [0.29, 0.717) is 17.0 Å². The minimum Gasteiger partial charge on any atom is -0.497 e. The topological polar surface area (TPSA) is 75.7 Å². The van der Waals surface area contributed by atoms with Crippen molar-refractivity contribution in [1.29, 1.82) is 0 Å². The fourth-order valence-corrected chi connectivity index (χ4v) is 4.32. The van der Waals surface area contributed by atoms with Crippen LogP contribution < -0.4 is 10.1 Å². The molecule has 0 aliphatic carbocycles. The number of sulfonamides is 1. The molecule has 0 fully saturated rings. The molecule has 0 atom stereocenters. The van der Waals surface area contributed by atoms with Gasteiger partial charge in [-0.1, -0.05) is 35.9 Å². The van der Waals surface area contributed by atoms with Gasteiger partial charge < -0.3 is 10.1 Å². The number of rotatable bonds is 8. The molecule has 8 heteroatoms. The summed E-state index contributed by atoms with van der Waals surface area (Å²) in [5.41, 5.74) is 1.96. The average Bonchev–Trinajstić information content (AvgIpc) is 2.75. The molecule has 0 saturated heterocycles. The van der Waals surface area contributed by atoms with E-state index in [1.165, 1.54) is 43.5 Å². The molecule has 0 aliphatic rings. The van der Waals surface area contributed by atoms with Gasteiger partial charge in [0, 0.05) is 18.3 Å². The molecule has 0 bridgehead atoms. The third kappa shape index (κ3) is 5.90. The van der Waals surface area contributed by atoms with Gasteiger partial charge in [-0.15, -0.1) is 0 Å². The third-order valence-electron chi connectivity index (χ3n) is 4.60. The molecule has 3 aromatic carbocycles. The lowest BCUT2D eigenvalue weighted by Gasteiger charge is -2.22. The Balaban J connectivity index is 1.86. The van der Waals surface area contributed by atoms with E-state index >= 15 is 0 Å². The van der Waals surface area contributed by atoms with Crippen molar-refractivity contribution in [2.75, 3.05) is 19.0 Å². The van der Waals surface area contributed by atoms with Crippen LogP contribution >= 0.6 is 0 Å². The molecule has 0 aliphatic heterocycles. The predicted molar refractivity (Wildman–Crippen MR) is 117 cm³/mol. The number of ether oxygens (including phenoxy) is 1. The van der Waals surface area contributed by atoms with Crippen LogP contribution in [0.15, 0.2) is 77.7 Å². The van der Waals surface area contributed by atoms with E-state index in [2.05, 4.69) is 5.32 Å². The first-order valence-electron chi connectivity index (χ1n) is 9.53. The van der Waals surface area contributed by atoms with E-state index in [9.17, 15) is 17.6 Å². The van der Waals surface area contributed by atoms with Gasteiger partial charge in [-0.25, -0.2) is 12.8 Å². The van der Waals surface area contributed by atoms with Crippen molar-refractivity contribution in [3.8, 4) is 5.75 Å². The zero-order valence-electron chi connectivity index (χ0n) is 17.2. The number of aryl methyl sites for hydroxylation is 1. The van der Waals surface area contributed by atoms with Gasteiger partial charge in [0.2, 0.25) is 15.9 Å². The summed E-state index contributed by atoms with van der Waals surface area (Å²) in [6.45, 7) is 1.36. The zero-order valence-corrected chi connectivity index (χ0v) is 18.0. The van der Waals surface area contributed by atoms with Gasteiger partial charge in [0.15, 0.2) is 0 Å². The van der Waals surface area contributed by atoms with Gasteiger partial charge in [-0.05, 0) is 48.9 Å². The third-order valence-corrected chi connectivity index (χ3v) is 6.41. The van der Waals surface area contributed by atoms with Gasteiger partial charge in [-0.2, -0.15) is 4.31 Å². The van der Waals surface area contributed by atoms with E-state index in [0.717, 1.165) is 9.87 Å². The van der Waals surface area contributed by atoms with Crippen molar-refractivity contribution < 1.29 is 22.3 Å². The molecule has 0 heterocycles. The Bertz CT molecular complexity index is 1150. The Kier molecular flexibility index (Phi) is 7.04. The van der Waals surface area contributed by atoms with E-state index in [1.807, 2.05) is 6.92 Å². The molecule has 0 saturated carbocycles. The summed E-state index contributed by atoms with van der Waals surface area (Å²) < 4.78 is 46.0. The lowest BCUT2D eigenvalue weighted by molar-refractivity contribution is -0.116. The fraction of sp³-hybridized carbons (Fsp3) is 0.174. The van der Waals surface area contributed by atoms with Crippen molar-refractivity contribution in [1.82, 2.24) is 4.31 Å². The second-order valence-corrected chi connectivity index (χ2v) is 8.93. The Hall–Kier alpha value is -3.23. The maximum Gasteiger partial charge on any atom is 0.243 e. The number of carbonyl (C=O) groups excluding carboxylic acids is 1. The first kappa shape index (κ1) is 22.5. The van der Waals surface area contributed by atoms with Crippen LogP contribution in [0.4, 0.5) is 10.1 Å². The standard InChI is InChI=1S/C23H23FN2O4S/c1-17-6-12-22(13-7-17)31(28,29)26(15-18-8-10-19(24)11-9-18)16-23(27)25-20-4-3-5-21(14-20)30-2/h3-14H,15-16H2,1-2H3,(H,25,27). The molecular weight excluding hydrogens is 419 g/mol. The minimum atomic E-state index is -3.97. The first-order valence-corrected chi connectivity index (χ1v) is 11.0. The number of amides is 1. The van der Waals surface area contributed by atoms with E-state index < -0.39 is 28.3 Å². The van der Waals surface area contributed by atoms with Crippen LogP contribution in [-0.2, 0) is 21.4 Å². The number of carbonyl (C=O) groups is 1. The summed E-state index contributed by atoms with van der Waals surface area (Å²) >= 11 is 0. The molecule has 6 nitrogen and oxygen atoms in total. The summed E-state index contributed by atoms with van der Waals surface area (Å²) in [5.74, 6) is -0.369. The van der Waals surface area contributed by atoms with Gasteiger partial charge in [0.25, 0.3) is 0 Å². The van der Waals surface area contributed by atoms with Gasteiger partial charge in [0.05, 0.1) is 18.6 Å². The van der Waals surface area contributed by atoms with Crippen LogP contribution in [0.2, 0.25) is 0 Å². The van der Waals surface area contributed by atoms with E-state index in [-0.39, 0.29) is 11.4 Å². The number of anilines is 1. The smallest absolute Gasteiger partial charge is 0.243 e. The average molecular weight is 443 g/mol. The Morgan fingerprint density at radius 1 is 1.03 bits per heavy atom. The van der Waals surface area contributed by atoms with Gasteiger partial charge in [0.1, 0.15) is 11.6 Å². The molecule has 0 unspecified atom stereocenters. The predicted octanol–water partition coefficient (Wildman–Crippen LogP) is 3.97. The molecular formula is C23H23FN2O4S. The lowest BCUT2D eigenvalue weighted by atomic mass is 10.2. The molecule has 3 rings (SSSR count). The highest BCUT2D eigenvalue weighted by Gasteiger charge is 2.27. The largest absolute Gasteiger partial charge is 0.497 e. The summed E-state index contributed by atoms with van der Waals surface area (Å²) in [6.07, 6.45) is 0. The summed E-state index contributed by atoms with van der Waals surface area (Å²) in [6, 6.07) is 18.6. The molecule has 0 radical (unpaired) electrons. The van der Waals surface area contributed by atoms with Crippen molar-refractivity contribution in [2.45, 2.75) is 18.4 Å². The van der Waals surface area contributed by atoms with Crippen LogP contribution in [0.3, 0.4) is 0 Å². The summed E-state index contributed by atoms with van der Waals surface area (Å²) in [5, 5.41) is 2.69. The maximum atomic E-state index is 13.3. The number of hydrogen-bond donors (Lipinski definition) is 1. The number of methoxy groups -OCH3 is 1. The Morgan fingerprint density at radius 2 is 1.71 bits per heavy atom. The highest BCUT2D eigenvalue weighted by atomic mass is 32.2. The zero-order chi connectivity index (χ0) is 22.4. The molecule has 3 aromatic rings. The van der Waals surface area contributed by atoms with Crippen LogP contribution in [0.5, 0.6) is 5.75 Å². The summed E-state index contributed by atoms with van der Waals surface area (Å²) in [7, 11) is -2.46. The van der Waals surface area contributed by atoms with E-state index in [4.69, 9.17) is 4.74 Å². The molecule has 0 aromatic heterocycles. The van der Waals surface area contributed by atoms with Crippen LogP contribution in [0, 0.1) is 12.7 Å². The van der Waals surface area contributed by atoms with Crippen molar-refractivity contribution in [3.05, 3.63) is 89.7 Å². The minimum absolute atomic E-state index is 0.0781. The lowest BCUT2D eigenvalue weighted by Crippen LogP contribution is -2.37. The number of benzene rings is 3. The van der Waals surface area contributed by atoms with Crippen molar-refractivity contribution in [3.63, 3.8) is 0 Å². The highest BCUT2D eigenvalue weighted by Crippen LogP contribution is 2.21. The monoisotopic (exact) mass is 442 g/mol. The first-order chi connectivity index (χ1) is 14.8. The molecule has 162 valence electrons. The fourth-order valence-electron chi connectivity index (χ4n) is 2.94. The second kappa shape index (κ2) is 9.72. The Morgan fingerprint density at radius 3 is 2.35 bits per heavy atom.